The molecule has 0 radical (unpaired) electrons. The minimum atomic E-state index is -0.443. The first kappa shape index (κ1) is 16.6. The molecule has 0 N–H and O–H groups in total. The van der Waals surface area contributed by atoms with E-state index in [1.807, 2.05) is 30.1 Å². The van der Waals surface area contributed by atoms with Gasteiger partial charge in [0.1, 0.15) is 5.69 Å². The maximum atomic E-state index is 11.4. The summed E-state index contributed by atoms with van der Waals surface area (Å²) in [5.41, 5.74) is 0.742. The molecule has 8 heteroatoms. The van der Waals surface area contributed by atoms with Crippen LogP contribution < -0.4 is 9.80 Å². The number of hydrogen-bond acceptors (Lipinski definition) is 7. The number of nitro benzene ring substituents is 1. The largest absolute Gasteiger partial charge is 0.367 e. The molecule has 25 heavy (non-hydrogen) atoms. The van der Waals surface area contributed by atoms with Gasteiger partial charge in [-0.05, 0) is 37.1 Å². The molecule has 128 valence electrons. The normalized spacial score (nSPS) is 16.5. The zero-order valence-electron chi connectivity index (χ0n) is 13.9. The van der Waals surface area contributed by atoms with Crippen molar-refractivity contribution < 1.29 is 4.92 Å². The van der Waals surface area contributed by atoms with Crippen LogP contribution in [-0.4, -0.2) is 41.3 Å². The smallest absolute Gasteiger partial charge is 0.293 e. The molecule has 1 aliphatic rings. The predicted octanol–water partition coefficient (Wildman–Crippen LogP) is 2.36. The Balaban J connectivity index is 1.81. The summed E-state index contributed by atoms with van der Waals surface area (Å²) in [4.78, 5) is 15.0. The molecule has 1 aromatic heterocycles. The van der Waals surface area contributed by atoms with Crippen molar-refractivity contribution in [2.75, 3.05) is 29.9 Å². The van der Waals surface area contributed by atoms with Crippen LogP contribution in [0.3, 0.4) is 0 Å². The lowest BCUT2D eigenvalue weighted by molar-refractivity contribution is -0.384. The highest BCUT2D eigenvalue weighted by Crippen LogP contribution is 2.30. The van der Waals surface area contributed by atoms with Gasteiger partial charge in [0.15, 0.2) is 5.82 Å². The Labute approximate surface area is 145 Å². The second-order valence-electron chi connectivity index (χ2n) is 6.02. The molecule has 1 aliphatic heterocycles. The number of hydrogen-bond donors (Lipinski definition) is 0. The molecule has 3 rings (SSSR count). The van der Waals surface area contributed by atoms with Crippen LogP contribution in [0.1, 0.15) is 18.4 Å². The van der Waals surface area contributed by atoms with Crippen LogP contribution in [0.25, 0.3) is 0 Å². The summed E-state index contributed by atoms with van der Waals surface area (Å²) in [6.45, 7) is 1.52. The number of anilines is 2. The first-order chi connectivity index (χ1) is 12.1. The third-order valence-corrected chi connectivity index (χ3v) is 4.43. The van der Waals surface area contributed by atoms with Crippen molar-refractivity contribution in [2.45, 2.75) is 18.9 Å². The number of nitrogens with zero attached hydrogens (tertiary/aromatic N) is 6. The molecule has 2 aromatic rings. The lowest BCUT2D eigenvalue weighted by Gasteiger charge is -2.30. The molecule has 0 spiro atoms. The van der Waals surface area contributed by atoms with Gasteiger partial charge < -0.3 is 9.80 Å². The minimum Gasteiger partial charge on any atom is -0.367 e. The molecule has 1 atom stereocenters. The fourth-order valence-corrected chi connectivity index (χ4v) is 3.25. The summed E-state index contributed by atoms with van der Waals surface area (Å²) in [6, 6.07) is 10.5. The van der Waals surface area contributed by atoms with Crippen molar-refractivity contribution in [3.05, 3.63) is 52.2 Å². The highest BCUT2D eigenvalue weighted by Gasteiger charge is 2.28. The Morgan fingerprint density at radius 3 is 3.00 bits per heavy atom. The van der Waals surface area contributed by atoms with E-state index in [-0.39, 0.29) is 17.3 Å². The zero-order valence-corrected chi connectivity index (χ0v) is 13.9. The topological polar surface area (TPSA) is 99.2 Å². The van der Waals surface area contributed by atoms with Gasteiger partial charge in [-0.1, -0.05) is 0 Å². The average molecular weight is 338 g/mol. The summed E-state index contributed by atoms with van der Waals surface area (Å²) < 4.78 is 0. The van der Waals surface area contributed by atoms with Crippen LogP contribution in [0.4, 0.5) is 17.2 Å². The molecule has 2 heterocycles. The molecule has 1 saturated heterocycles. The summed E-state index contributed by atoms with van der Waals surface area (Å²) >= 11 is 0. The molecular weight excluding hydrogens is 320 g/mol. The number of nitriles is 1. The van der Waals surface area contributed by atoms with Gasteiger partial charge in [0, 0.05) is 38.4 Å². The van der Waals surface area contributed by atoms with Crippen molar-refractivity contribution >= 4 is 17.2 Å². The van der Waals surface area contributed by atoms with Crippen molar-refractivity contribution in [1.82, 2.24) is 10.2 Å². The fraction of sp³-hybridized carbons (Fsp3) is 0.353. The predicted molar refractivity (Wildman–Crippen MR) is 93.5 cm³/mol. The lowest BCUT2D eigenvalue weighted by atomic mass is 10.1. The summed E-state index contributed by atoms with van der Waals surface area (Å²) in [6.07, 6.45) is 3.68. The summed E-state index contributed by atoms with van der Waals surface area (Å²) in [5.74, 6) is 0.827. The molecule has 1 aromatic carbocycles. The Kier molecular flexibility index (Phi) is 4.75. The number of rotatable bonds is 5. The molecular formula is C17H18N6O2. The van der Waals surface area contributed by atoms with Crippen molar-refractivity contribution in [3.63, 3.8) is 0 Å². The van der Waals surface area contributed by atoms with E-state index in [2.05, 4.69) is 15.1 Å². The molecule has 0 aliphatic carbocycles. The van der Waals surface area contributed by atoms with Gasteiger partial charge in [-0.25, -0.2) is 0 Å². The highest BCUT2D eigenvalue weighted by atomic mass is 16.6. The van der Waals surface area contributed by atoms with Gasteiger partial charge in [-0.3, -0.25) is 10.1 Å². The minimum absolute atomic E-state index is 0.0504. The van der Waals surface area contributed by atoms with E-state index >= 15 is 0 Å². The Morgan fingerprint density at radius 2 is 2.32 bits per heavy atom. The van der Waals surface area contributed by atoms with Gasteiger partial charge in [0.05, 0.1) is 16.6 Å². The summed E-state index contributed by atoms with van der Waals surface area (Å²) in [7, 11) is 1.83. The van der Waals surface area contributed by atoms with Crippen LogP contribution in [0.5, 0.6) is 0 Å². The first-order valence-electron chi connectivity index (χ1n) is 8.04. The monoisotopic (exact) mass is 338 g/mol. The molecule has 8 nitrogen and oxygen atoms in total. The molecule has 0 bridgehead atoms. The molecule has 1 fully saturated rings. The Morgan fingerprint density at radius 1 is 1.48 bits per heavy atom. The van der Waals surface area contributed by atoms with E-state index in [4.69, 9.17) is 5.26 Å². The number of nitro groups is 1. The van der Waals surface area contributed by atoms with E-state index in [0.29, 0.717) is 12.2 Å². The van der Waals surface area contributed by atoms with Crippen LogP contribution in [0.2, 0.25) is 0 Å². The van der Waals surface area contributed by atoms with Crippen LogP contribution in [-0.2, 0) is 0 Å². The average Bonchev–Trinajstić information content (AvgIpc) is 3.09. The highest BCUT2D eigenvalue weighted by molar-refractivity contribution is 5.65. The number of aromatic nitrogens is 2. The van der Waals surface area contributed by atoms with Crippen molar-refractivity contribution in [1.29, 1.82) is 5.26 Å². The van der Waals surface area contributed by atoms with Crippen LogP contribution in [0, 0.1) is 21.4 Å². The molecule has 0 amide bonds. The molecule has 1 unspecified atom stereocenters. The maximum Gasteiger partial charge on any atom is 0.293 e. The van der Waals surface area contributed by atoms with Crippen molar-refractivity contribution in [3.8, 4) is 6.07 Å². The molecule has 0 saturated carbocycles. The number of benzene rings is 1. The lowest BCUT2D eigenvalue weighted by Crippen LogP contribution is -2.39. The quantitative estimate of drug-likeness (QED) is 0.609. The van der Waals surface area contributed by atoms with Gasteiger partial charge >= 0.3 is 0 Å². The van der Waals surface area contributed by atoms with E-state index < -0.39 is 4.92 Å². The summed E-state index contributed by atoms with van der Waals surface area (Å²) in [5, 5.41) is 28.4. The van der Waals surface area contributed by atoms with E-state index in [1.54, 1.807) is 18.3 Å². The second kappa shape index (κ2) is 7.13. The zero-order chi connectivity index (χ0) is 17.8. The SMILES string of the molecule is CN(CC1CCCN1c1cccnn1)c1ccc(C#N)cc1[N+](=O)[O-]. The third-order valence-electron chi connectivity index (χ3n) is 4.43. The van der Waals surface area contributed by atoms with Crippen LogP contribution in [0.15, 0.2) is 36.5 Å². The Bertz CT molecular complexity index is 805. The first-order valence-corrected chi connectivity index (χ1v) is 8.04. The van der Waals surface area contributed by atoms with E-state index in [0.717, 1.165) is 25.2 Å². The van der Waals surface area contributed by atoms with Crippen LogP contribution >= 0.6 is 0 Å². The van der Waals surface area contributed by atoms with Gasteiger partial charge in [-0.2, -0.15) is 10.4 Å². The van der Waals surface area contributed by atoms with E-state index in [9.17, 15) is 10.1 Å². The fourth-order valence-electron chi connectivity index (χ4n) is 3.25. The second-order valence-corrected chi connectivity index (χ2v) is 6.02. The Hall–Kier alpha value is -3.21. The third kappa shape index (κ3) is 3.50. The maximum absolute atomic E-state index is 11.4. The standard InChI is InChI=1S/C17H18N6O2/c1-21(15-7-6-13(11-18)10-16(15)23(24)25)12-14-4-3-9-22(14)17-5-2-8-19-20-17/h2,5-8,10,14H,3-4,9,12H2,1H3. The number of likely N-dealkylation sites (N-methyl/N-ethyl adjacent to an activating group) is 1. The van der Waals surface area contributed by atoms with Gasteiger partial charge in [0.2, 0.25) is 0 Å². The van der Waals surface area contributed by atoms with Gasteiger partial charge in [0.25, 0.3) is 5.69 Å². The van der Waals surface area contributed by atoms with E-state index in [1.165, 1.54) is 6.07 Å². The van der Waals surface area contributed by atoms with Crippen molar-refractivity contribution in [2.24, 2.45) is 0 Å². The van der Waals surface area contributed by atoms with Gasteiger partial charge in [-0.15, -0.1) is 5.10 Å².